The average molecular weight is 162 g/mol. The summed E-state index contributed by atoms with van der Waals surface area (Å²) >= 11 is 0. The summed E-state index contributed by atoms with van der Waals surface area (Å²) in [6.07, 6.45) is 4.53. The highest BCUT2D eigenvalue weighted by molar-refractivity contribution is 5.93. The van der Waals surface area contributed by atoms with E-state index in [-0.39, 0.29) is 0 Å². The molecule has 1 aliphatic heterocycles. The number of pyridine rings is 1. The van der Waals surface area contributed by atoms with Crippen LogP contribution in [0.2, 0.25) is 0 Å². The molecule has 0 unspecified atom stereocenters. The Labute approximate surface area is 71.1 Å². The van der Waals surface area contributed by atoms with Crippen LogP contribution in [-0.4, -0.2) is 24.0 Å². The van der Waals surface area contributed by atoms with Crippen LogP contribution in [0.1, 0.15) is 12.0 Å². The van der Waals surface area contributed by atoms with E-state index in [9.17, 15) is 0 Å². The molecule has 0 atom stereocenters. The third-order valence-electron chi connectivity index (χ3n) is 1.71. The largest absolute Gasteiger partial charge is 0.477 e. The van der Waals surface area contributed by atoms with Crippen LogP contribution in [0.4, 0.5) is 0 Å². The molecular formula is C9H10N2O. The van der Waals surface area contributed by atoms with Crippen LogP contribution in [0.3, 0.4) is 0 Å². The van der Waals surface area contributed by atoms with Crippen molar-refractivity contribution in [2.24, 2.45) is 4.99 Å². The Morgan fingerprint density at radius 3 is 3.08 bits per heavy atom. The Kier molecular flexibility index (Phi) is 2.03. The van der Waals surface area contributed by atoms with Crippen LogP contribution in [0.25, 0.3) is 0 Å². The molecule has 0 N–H and O–H groups in total. The van der Waals surface area contributed by atoms with Crippen molar-refractivity contribution in [3.8, 4) is 0 Å². The van der Waals surface area contributed by atoms with Crippen molar-refractivity contribution in [3.05, 3.63) is 30.1 Å². The highest BCUT2D eigenvalue weighted by Crippen LogP contribution is 2.05. The van der Waals surface area contributed by atoms with Crippen molar-refractivity contribution < 1.29 is 4.74 Å². The molecule has 0 aromatic carbocycles. The molecule has 12 heavy (non-hydrogen) atoms. The summed E-state index contributed by atoms with van der Waals surface area (Å²) in [5.74, 6) is 0.731. The maximum atomic E-state index is 5.37. The van der Waals surface area contributed by atoms with Crippen molar-refractivity contribution in [1.29, 1.82) is 0 Å². The first-order valence-electron chi connectivity index (χ1n) is 4.04. The number of nitrogens with zero attached hydrogens (tertiary/aromatic N) is 2. The number of aromatic nitrogens is 1. The van der Waals surface area contributed by atoms with E-state index in [1.165, 1.54) is 0 Å². The van der Waals surface area contributed by atoms with Gasteiger partial charge in [-0.2, -0.15) is 0 Å². The SMILES string of the molecule is c1cncc(C2=NCCCO2)c1. The second kappa shape index (κ2) is 3.34. The van der Waals surface area contributed by atoms with Crippen molar-refractivity contribution in [2.45, 2.75) is 6.42 Å². The molecule has 0 saturated carbocycles. The zero-order valence-electron chi connectivity index (χ0n) is 6.73. The third kappa shape index (κ3) is 1.44. The minimum Gasteiger partial charge on any atom is -0.477 e. The van der Waals surface area contributed by atoms with Gasteiger partial charge in [0, 0.05) is 25.4 Å². The Hall–Kier alpha value is -1.38. The lowest BCUT2D eigenvalue weighted by atomic mass is 10.2. The molecule has 0 amide bonds. The van der Waals surface area contributed by atoms with Gasteiger partial charge in [-0.25, -0.2) is 0 Å². The lowest BCUT2D eigenvalue weighted by Crippen LogP contribution is -2.14. The zero-order valence-corrected chi connectivity index (χ0v) is 6.73. The average Bonchev–Trinajstić information content (AvgIpc) is 2.21. The second-order valence-electron chi connectivity index (χ2n) is 2.63. The van der Waals surface area contributed by atoms with E-state index in [1.807, 2.05) is 12.1 Å². The van der Waals surface area contributed by atoms with Crippen LogP contribution in [0, 0.1) is 0 Å². The molecule has 0 saturated heterocycles. The standard InChI is InChI=1S/C9H10N2O/c1-3-8(7-10-4-1)9-11-5-2-6-12-9/h1,3-4,7H,2,5-6H2. The fourth-order valence-corrected chi connectivity index (χ4v) is 1.12. The predicted octanol–water partition coefficient (Wildman–Crippen LogP) is 1.25. The molecule has 0 radical (unpaired) electrons. The maximum Gasteiger partial charge on any atom is 0.217 e. The fraction of sp³-hybridized carbons (Fsp3) is 0.333. The summed E-state index contributed by atoms with van der Waals surface area (Å²) in [5.41, 5.74) is 0.970. The maximum absolute atomic E-state index is 5.37. The van der Waals surface area contributed by atoms with Crippen molar-refractivity contribution in [1.82, 2.24) is 4.98 Å². The van der Waals surface area contributed by atoms with Crippen LogP contribution >= 0.6 is 0 Å². The molecule has 3 heteroatoms. The van der Waals surface area contributed by atoms with Gasteiger partial charge >= 0.3 is 0 Å². The van der Waals surface area contributed by atoms with E-state index in [0.29, 0.717) is 0 Å². The molecule has 1 aromatic rings. The summed E-state index contributed by atoms with van der Waals surface area (Å²) in [6.45, 7) is 1.64. The molecule has 2 rings (SSSR count). The Balaban J connectivity index is 2.24. The topological polar surface area (TPSA) is 34.5 Å². The predicted molar refractivity (Wildman–Crippen MR) is 46.2 cm³/mol. The van der Waals surface area contributed by atoms with Gasteiger partial charge in [-0.3, -0.25) is 9.98 Å². The quantitative estimate of drug-likeness (QED) is 0.622. The third-order valence-corrected chi connectivity index (χ3v) is 1.71. The lowest BCUT2D eigenvalue weighted by Gasteiger charge is -2.12. The van der Waals surface area contributed by atoms with Crippen molar-refractivity contribution in [2.75, 3.05) is 13.2 Å². The van der Waals surface area contributed by atoms with Gasteiger partial charge in [-0.1, -0.05) is 0 Å². The minimum atomic E-state index is 0.731. The number of ether oxygens (including phenoxy) is 1. The number of rotatable bonds is 1. The van der Waals surface area contributed by atoms with Crippen LogP contribution < -0.4 is 0 Å². The van der Waals surface area contributed by atoms with E-state index in [2.05, 4.69) is 9.98 Å². The van der Waals surface area contributed by atoms with Gasteiger partial charge in [0.1, 0.15) is 0 Å². The molecule has 0 spiro atoms. The molecule has 0 fully saturated rings. The highest BCUT2D eigenvalue weighted by atomic mass is 16.5. The molecule has 0 bridgehead atoms. The monoisotopic (exact) mass is 162 g/mol. The summed E-state index contributed by atoms with van der Waals surface area (Å²) in [4.78, 5) is 8.25. The Morgan fingerprint density at radius 2 is 2.42 bits per heavy atom. The minimum absolute atomic E-state index is 0.731. The molecule has 1 aliphatic rings. The van der Waals surface area contributed by atoms with Crippen LogP contribution in [0.15, 0.2) is 29.5 Å². The first kappa shape index (κ1) is 7.28. The van der Waals surface area contributed by atoms with Gasteiger partial charge in [0.25, 0.3) is 0 Å². The number of hydrogen-bond donors (Lipinski definition) is 0. The summed E-state index contributed by atoms with van der Waals surface area (Å²) in [5, 5.41) is 0. The second-order valence-corrected chi connectivity index (χ2v) is 2.63. The van der Waals surface area contributed by atoms with Gasteiger partial charge in [-0.15, -0.1) is 0 Å². The van der Waals surface area contributed by atoms with Gasteiger partial charge < -0.3 is 4.74 Å². The van der Waals surface area contributed by atoms with Gasteiger partial charge in [0.05, 0.1) is 12.2 Å². The van der Waals surface area contributed by atoms with Gasteiger partial charge in [0.15, 0.2) is 0 Å². The van der Waals surface area contributed by atoms with Crippen molar-refractivity contribution >= 4 is 5.90 Å². The van der Waals surface area contributed by atoms with E-state index in [4.69, 9.17) is 4.74 Å². The molecule has 1 aromatic heterocycles. The highest BCUT2D eigenvalue weighted by Gasteiger charge is 2.07. The first-order chi connectivity index (χ1) is 5.97. The van der Waals surface area contributed by atoms with E-state index in [1.54, 1.807) is 12.4 Å². The molecule has 2 heterocycles. The Bertz CT molecular complexity index is 282. The summed E-state index contributed by atoms with van der Waals surface area (Å²) < 4.78 is 5.37. The number of hydrogen-bond acceptors (Lipinski definition) is 3. The van der Waals surface area contributed by atoms with Gasteiger partial charge in [0.2, 0.25) is 5.90 Å². The fourth-order valence-electron chi connectivity index (χ4n) is 1.12. The molecule has 3 nitrogen and oxygen atoms in total. The molecular weight excluding hydrogens is 152 g/mol. The van der Waals surface area contributed by atoms with E-state index >= 15 is 0 Å². The van der Waals surface area contributed by atoms with Crippen LogP contribution in [0.5, 0.6) is 0 Å². The van der Waals surface area contributed by atoms with E-state index < -0.39 is 0 Å². The molecule has 0 aliphatic carbocycles. The summed E-state index contributed by atoms with van der Waals surface area (Å²) in [6, 6.07) is 3.84. The molecule has 62 valence electrons. The zero-order chi connectivity index (χ0) is 8.23. The van der Waals surface area contributed by atoms with Crippen molar-refractivity contribution in [3.63, 3.8) is 0 Å². The normalized spacial score (nSPS) is 16.5. The first-order valence-corrected chi connectivity index (χ1v) is 4.04. The van der Waals surface area contributed by atoms with Crippen LogP contribution in [-0.2, 0) is 4.74 Å². The summed E-state index contributed by atoms with van der Waals surface area (Å²) in [7, 11) is 0. The smallest absolute Gasteiger partial charge is 0.217 e. The number of aliphatic imine (C=N–C) groups is 1. The Morgan fingerprint density at radius 1 is 1.42 bits per heavy atom. The lowest BCUT2D eigenvalue weighted by molar-refractivity contribution is 0.284. The van der Waals surface area contributed by atoms with E-state index in [0.717, 1.165) is 31.0 Å². The van der Waals surface area contributed by atoms with Gasteiger partial charge in [-0.05, 0) is 12.1 Å².